The van der Waals surface area contributed by atoms with E-state index in [-0.39, 0.29) is 17.9 Å². The second kappa shape index (κ2) is 10.0. The maximum atomic E-state index is 12.4. The molecule has 2 heterocycles. The summed E-state index contributed by atoms with van der Waals surface area (Å²) in [5.41, 5.74) is 2.30. The van der Waals surface area contributed by atoms with Crippen LogP contribution in [-0.2, 0) is 27.9 Å². The summed E-state index contributed by atoms with van der Waals surface area (Å²) in [6.07, 6.45) is 6.20. The third-order valence-corrected chi connectivity index (χ3v) is 6.55. The van der Waals surface area contributed by atoms with Crippen LogP contribution < -0.4 is 0 Å². The number of amides is 1. The minimum Gasteiger partial charge on any atom is -0.478 e. The fraction of sp³-hybridized carbons (Fsp3) is 0.346. The summed E-state index contributed by atoms with van der Waals surface area (Å²) < 4.78 is 7.24. The Labute approximate surface area is 193 Å². The van der Waals surface area contributed by atoms with Gasteiger partial charge in [0, 0.05) is 39.1 Å². The first-order valence-corrected chi connectivity index (χ1v) is 11.2. The van der Waals surface area contributed by atoms with Crippen molar-refractivity contribution >= 4 is 11.9 Å². The van der Waals surface area contributed by atoms with Crippen LogP contribution in [0.3, 0.4) is 0 Å². The second-order valence-electron chi connectivity index (χ2n) is 8.46. The summed E-state index contributed by atoms with van der Waals surface area (Å²) in [7, 11) is 1.54. The number of imidazole rings is 1. The van der Waals surface area contributed by atoms with Gasteiger partial charge in [0.05, 0.1) is 11.0 Å². The Hall–Kier alpha value is -3.45. The molecule has 3 aromatic rings. The number of rotatable bonds is 8. The van der Waals surface area contributed by atoms with Crippen LogP contribution in [0.4, 0.5) is 0 Å². The first-order valence-electron chi connectivity index (χ1n) is 11.2. The quantitative estimate of drug-likeness (QED) is 0.572. The van der Waals surface area contributed by atoms with Gasteiger partial charge in [-0.2, -0.15) is 0 Å². The molecule has 2 aromatic carbocycles. The summed E-state index contributed by atoms with van der Waals surface area (Å²) in [5, 5.41) is 9.11. The number of hydrogen-bond donors (Lipinski definition) is 1. The second-order valence-corrected chi connectivity index (χ2v) is 8.46. The fourth-order valence-electron chi connectivity index (χ4n) is 4.72. The number of piperidine rings is 1. The van der Waals surface area contributed by atoms with E-state index in [1.54, 1.807) is 19.2 Å². The highest BCUT2D eigenvalue weighted by Crippen LogP contribution is 2.41. The number of aromatic carboxylic acids is 1. The average molecular weight is 448 g/mol. The van der Waals surface area contributed by atoms with Gasteiger partial charge < -0.3 is 19.3 Å². The van der Waals surface area contributed by atoms with Crippen molar-refractivity contribution in [1.82, 2.24) is 14.5 Å². The number of hydrogen-bond acceptors (Lipinski definition) is 4. The molecule has 1 fully saturated rings. The van der Waals surface area contributed by atoms with Crippen LogP contribution in [0.5, 0.6) is 0 Å². The number of benzene rings is 2. The molecule has 1 N–H and O–H groups in total. The van der Waals surface area contributed by atoms with Crippen LogP contribution in [0.2, 0.25) is 0 Å². The topological polar surface area (TPSA) is 84.7 Å². The Morgan fingerprint density at radius 2 is 1.76 bits per heavy atom. The number of nitrogens with zero attached hydrogens (tertiary/aromatic N) is 3. The zero-order valence-electron chi connectivity index (χ0n) is 18.8. The van der Waals surface area contributed by atoms with Gasteiger partial charge in [-0.1, -0.05) is 42.5 Å². The van der Waals surface area contributed by atoms with Gasteiger partial charge in [0.25, 0.3) is 0 Å². The highest BCUT2D eigenvalue weighted by atomic mass is 16.5. The standard InChI is InChI=1S/C26H29N3O4/c1-33-19-23(30)28-16-12-26(13-17-28,22-5-3-2-4-6-22)25-27-14-18-29(25)15-11-20-7-9-21(10-8-20)24(31)32/h2-10,14,18H,11-13,15-17,19H2,1H3,(H,31,32). The van der Waals surface area contributed by atoms with Crippen LogP contribution in [0, 0.1) is 0 Å². The normalized spacial score (nSPS) is 15.4. The SMILES string of the molecule is COCC(=O)N1CCC(c2ccccc2)(c2nccn2CCc2ccc(C(=O)O)cc2)CC1. The summed E-state index contributed by atoms with van der Waals surface area (Å²) >= 11 is 0. The predicted octanol–water partition coefficient (Wildman–Crippen LogP) is 3.38. The van der Waals surface area contributed by atoms with E-state index >= 15 is 0 Å². The predicted molar refractivity (Wildman–Crippen MR) is 124 cm³/mol. The molecule has 7 nitrogen and oxygen atoms in total. The summed E-state index contributed by atoms with van der Waals surface area (Å²) in [6, 6.07) is 17.4. The third-order valence-electron chi connectivity index (χ3n) is 6.55. The molecule has 1 amide bonds. The van der Waals surface area contributed by atoms with E-state index < -0.39 is 5.97 Å². The molecular formula is C26H29N3O4. The van der Waals surface area contributed by atoms with Gasteiger partial charge in [-0.05, 0) is 42.5 Å². The van der Waals surface area contributed by atoms with Crippen molar-refractivity contribution in [3.8, 4) is 0 Å². The van der Waals surface area contributed by atoms with Crippen molar-refractivity contribution in [3.63, 3.8) is 0 Å². The monoisotopic (exact) mass is 447 g/mol. The Bertz CT molecular complexity index is 1080. The summed E-state index contributed by atoms with van der Waals surface area (Å²) in [5.74, 6) is 0.112. The van der Waals surface area contributed by atoms with Gasteiger partial charge in [0.1, 0.15) is 12.4 Å². The number of ether oxygens (including phenoxy) is 1. The summed E-state index contributed by atoms with van der Waals surface area (Å²) in [6.45, 7) is 2.15. The maximum Gasteiger partial charge on any atom is 0.335 e. The minimum atomic E-state index is -0.918. The van der Waals surface area contributed by atoms with Crippen molar-refractivity contribution in [3.05, 3.63) is 89.5 Å². The molecule has 0 spiro atoms. The molecule has 0 saturated carbocycles. The maximum absolute atomic E-state index is 12.4. The molecule has 0 atom stereocenters. The molecule has 4 rings (SSSR count). The first-order chi connectivity index (χ1) is 16.0. The van der Waals surface area contributed by atoms with E-state index in [4.69, 9.17) is 14.8 Å². The number of carbonyl (C=O) groups excluding carboxylic acids is 1. The van der Waals surface area contributed by atoms with E-state index in [1.807, 2.05) is 35.5 Å². The molecule has 0 aliphatic carbocycles. The number of methoxy groups -OCH3 is 1. The summed E-state index contributed by atoms with van der Waals surface area (Å²) in [4.78, 5) is 30.2. The van der Waals surface area contributed by atoms with Gasteiger partial charge >= 0.3 is 5.97 Å². The van der Waals surface area contributed by atoms with Crippen LogP contribution >= 0.6 is 0 Å². The molecule has 0 radical (unpaired) electrons. The Morgan fingerprint density at radius 3 is 2.39 bits per heavy atom. The molecule has 172 valence electrons. The molecule has 1 saturated heterocycles. The van der Waals surface area contributed by atoms with Gasteiger partial charge in [-0.3, -0.25) is 4.79 Å². The molecule has 1 aromatic heterocycles. The van der Waals surface area contributed by atoms with Crippen LogP contribution in [0.1, 0.15) is 40.2 Å². The number of carboxylic acid groups (broad SMARTS) is 1. The van der Waals surface area contributed by atoms with E-state index in [1.165, 1.54) is 5.56 Å². The van der Waals surface area contributed by atoms with Gasteiger partial charge in [-0.25, -0.2) is 9.78 Å². The number of carboxylic acids is 1. The van der Waals surface area contributed by atoms with Crippen LogP contribution in [-0.4, -0.2) is 58.2 Å². The van der Waals surface area contributed by atoms with Gasteiger partial charge in [-0.15, -0.1) is 0 Å². The van der Waals surface area contributed by atoms with E-state index in [0.717, 1.165) is 37.2 Å². The zero-order valence-corrected chi connectivity index (χ0v) is 18.8. The lowest BCUT2D eigenvalue weighted by molar-refractivity contribution is -0.136. The molecule has 33 heavy (non-hydrogen) atoms. The Balaban J connectivity index is 1.57. The highest BCUT2D eigenvalue weighted by Gasteiger charge is 2.41. The largest absolute Gasteiger partial charge is 0.478 e. The minimum absolute atomic E-state index is 0.0207. The molecule has 7 heteroatoms. The Morgan fingerprint density at radius 1 is 1.06 bits per heavy atom. The van der Waals surface area contributed by atoms with Crippen molar-refractivity contribution in [1.29, 1.82) is 0 Å². The lowest BCUT2D eigenvalue weighted by Gasteiger charge is -2.42. The molecule has 0 unspecified atom stereocenters. The molecule has 1 aliphatic rings. The van der Waals surface area contributed by atoms with Crippen LogP contribution in [0.25, 0.3) is 0 Å². The number of aromatic nitrogens is 2. The first kappa shape index (κ1) is 22.7. The van der Waals surface area contributed by atoms with Gasteiger partial charge in [0.2, 0.25) is 5.91 Å². The third kappa shape index (κ3) is 4.83. The van der Waals surface area contributed by atoms with Crippen molar-refractivity contribution in [2.75, 3.05) is 26.8 Å². The van der Waals surface area contributed by atoms with Gasteiger partial charge in [0.15, 0.2) is 0 Å². The van der Waals surface area contributed by atoms with E-state index in [0.29, 0.717) is 18.7 Å². The van der Waals surface area contributed by atoms with E-state index in [9.17, 15) is 9.59 Å². The average Bonchev–Trinajstić information content (AvgIpc) is 3.33. The lowest BCUT2D eigenvalue weighted by atomic mass is 9.72. The highest BCUT2D eigenvalue weighted by molar-refractivity contribution is 5.87. The fourth-order valence-corrected chi connectivity index (χ4v) is 4.72. The molecule has 0 bridgehead atoms. The number of aryl methyl sites for hydroxylation is 2. The van der Waals surface area contributed by atoms with Crippen molar-refractivity contribution < 1.29 is 19.4 Å². The Kier molecular flexibility index (Phi) is 6.89. The zero-order chi connectivity index (χ0) is 23.3. The molecule has 1 aliphatic heterocycles. The number of likely N-dealkylation sites (tertiary alicyclic amines) is 1. The molecular weight excluding hydrogens is 418 g/mol. The number of carbonyl (C=O) groups is 2. The lowest BCUT2D eigenvalue weighted by Crippen LogP contribution is -2.47. The van der Waals surface area contributed by atoms with Crippen molar-refractivity contribution in [2.45, 2.75) is 31.2 Å². The smallest absolute Gasteiger partial charge is 0.335 e. The van der Waals surface area contributed by atoms with Crippen molar-refractivity contribution in [2.24, 2.45) is 0 Å². The van der Waals surface area contributed by atoms with E-state index in [2.05, 4.69) is 28.8 Å². The van der Waals surface area contributed by atoms with Crippen LogP contribution in [0.15, 0.2) is 67.0 Å².